The SMILES string of the molecule is c1ccc(-c2nc(-c3ccccc3)nc(-c3ccc4ccc(-c5cccc6oc7c(ccc8ccc9ccccc9c87)c56)cc4c3)n2)cc1. The summed E-state index contributed by atoms with van der Waals surface area (Å²) in [5.74, 6) is 1.94. The van der Waals surface area contributed by atoms with Crippen LogP contribution in [0.15, 0.2) is 168 Å². The highest BCUT2D eigenvalue weighted by molar-refractivity contribution is 6.25. The van der Waals surface area contributed by atoms with Gasteiger partial charge in [0.2, 0.25) is 0 Å². The minimum Gasteiger partial charge on any atom is -0.455 e. The third-order valence-electron chi connectivity index (χ3n) is 9.48. The fraction of sp³-hybridized carbons (Fsp3) is 0. The molecule has 0 radical (unpaired) electrons. The minimum atomic E-state index is 0.641. The third kappa shape index (κ3) is 4.57. The van der Waals surface area contributed by atoms with E-state index in [0.717, 1.165) is 65.9 Å². The summed E-state index contributed by atoms with van der Waals surface area (Å²) in [6.07, 6.45) is 0. The van der Waals surface area contributed by atoms with Gasteiger partial charge in [-0.05, 0) is 62.3 Å². The molecule has 0 aliphatic rings. The van der Waals surface area contributed by atoms with Crippen molar-refractivity contribution in [3.8, 4) is 45.3 Å². The van der Waals surface area contributed by atoms with Gasteiger partial charge in [-0.3, -0.25) is 0 Å². The Hall–Kier alpha value is -6.65. The van der Waals surface area contributed by atoms with Gasteiger partial charge in [-0.15, -0.1) is 0 Å². The van der Waals surface area contributed by atoms with Crippen molar-refractivity contribution in [3.63, 3.8) is 0 Å². The number of hydrogen-bond donors (Lipinski definition) is 0. The standard InChI is InChI=1S/C45H27N3O/c1-3-11-31(12-4-1)43-46-44(32-13-5-2-6-14-32)48-45(47-43)34-23-19-28-18-22-33(26-35(28)27-34)37-16-9-17-39-41(37)38-25-24-30-21-20-29-10-7-8-15-36(29)40(30)42(38)49-39/h1-27H. The van der Waals surface area contributed by atoms with Crippen molar-refractivity contribution >= 4 is 54.3 Å². The summed E-state index contributed by atoms with van der Waals surface area (Å²) >= 11 is 0. The lowest BCUT2D eigenvalue weighted by Crippen LogP contribution is -2.00. The second-order valence-electron chi connectivity index (χ2n) is 12.4. The van der Waals surface area contributed by atoms with Crippen molar-refractivity contribution in [1.29, 1.82) is 0 Å². The zero-order valence-corrected chi connectivity index (χ0v) is 26.3. The van der Waals surface area contributed by atoms with Gasteiger partial charge in [0.1, 0.15) is 11.2 Å². The highest BCUT2D eigenvalue weighted by Crippen LogP contribution is 2.42. The first-order valence-electron chi connectivity index (χ1n) is 16.4. The molecule has 10 rings (SSSR count). The molecule has 2 aromatic heterocycles. The lowest BCUT2D eigenvalue weighted by molar-refractivity contribution is 0.673. The van der Waals surface area contributed by atoms with E-state index in [-0.39, 0.29) is 0 Å². The second-order valence-corrected chi connectivity index (χ2v) is 12.4. The van der Waals surface area contributed by atoms with E-state index in [1.165, 1.54) is 16.2 Å². The van der Waals surface area contributed by atoms with Crippen LogP contribution < -0.4 is 0 Å². The fourth-order valence-corrected chi connectivity index (χ4v) is 7.10. The first kappa shape index (κ1) is 27.5. The molecule has 0 amide bonds. The molecule has 0 unspecified atom stereocenters. The molecule has 0 spiro atoms. The molecule has 0 N–H and O–H groups in total. The molecule has 0 saturated carbocycles. The van der Waals surface area contributed by atoms with E-state index in [0.29, 0.717) is 17.5 Å². The Kier molecular flexibility index (Phi) is 6.15. The number of nitrogens with zero attached hydrogens (tertiary/aromatic N) is 3. The van der Waals surface area contributed by atoms with Crippen molar-refractivity contribution in [1.82, 2.24) is 15.0 Å². The van der Waals surface area contributed by atoms with E-state index in [1.807, 2.05) is 60.7 Å². The van der Waals surface area contributed by atoms with Crippen molar-refractivity contribution < 1.29 is 4.42 Å². The van der Waals surface area contributed by atoms with E-state index in [2.05, 4.69) is 103 Å². The predicted octanol–water partition coefficient (Wildman–Crippen LogP) is 11.9. The zero-order chi connectivity index (χ0) is 32.3. The average molecular weight is 626 g/mol. The van der Waals surface area contributed by atoms with Crippen molar-refractivity contribution in [2.45, 2.75) is 0 Å². The summed E-state index contributed by atoms with van der Waals surface area (Å²) in [6.45, 7) is 0. The summed E-state index contributed by atoms with van der Waals surface area (Å²) < 4.78 is 6.67. The number of hydrogen-bond acceptors (Lipinski definition) is 4. The minimum absolute atomic E-state index is 0.641. The van der Waals surface area contributed by atoms with Crippen LogP contribution in [0.2, 0.25) is 0 Å². The molecule has 228 valence electrons. The molecule has 4 nitrogen and oxygen atoms in total. The maximum atomic E-state index is 6.67. The van der Waals surface area contributed by atoms with Gasteiger partial charge >= 0.3 is 0 Å². The van der Waals surface area contributed by atoms with Gasteiger partial charge in [0.05, 0.1) is 0 Å². The molecule has 0 saturated heterocycles. The first-order chi connectivity index (χ1) is 24.3. The Labute approximate surface area is 282 Å². The Balaban J connectivity index is 1.14. The summed E-state index contributed by atoms with van der Waals surface area (Å²) in [5, 5.41) is 9.24. The van der Waals surface area contributed by atoms with Crippen LogP contribution in [-0.2, 0) is 0 Å². The predicted molar refractivity (Wildman–Crippen MR) is 201 cm³/mol. The Morgan fingerprint density at radius 3 is 1.69 bits per heavy atom. The van der Waals surface area contributed by atoms with Crippen molar-refractivity contribution in [2.75, 3.05) is 0 Å². The smallest absolute Gasteiger partial charge is 0.164 e. The van der Waals surface area contributed by atoms with E-state index < -0.39 is 0 Å². The van der Waals surface area contributed by atoms with Crippen LogP contribution in [-0.4, -0.2) is 15.0 Å². The van der Waals surface area contributed by atoms with Crippen LogP contribution in [0.25, 0.3) is 99.5 Å². The molecule has 0 atom stereocenters. The topological polar surface area (TPSA) is 51.8 Å². The quantitative estimate of drug-likeness (QED) is 0.183. The van der Waals surface area contributed by atoms with Gasteiger partial charge < -0.3 is 4.42 Å². The summed E-state index contributed by atoms with van der Waals surface area (Å²) in [6, 6.07) is 56.9. The number of fused-ring (bicyclic) bond motifs is 8. The van der Waals surface area contributed by atoms with Gasteiger partial charge in [-0.25, -0.2) is 15.0 Å². The monoisotopic (exact) mass is 625 g/mol. The van der Waals surface area contributed by atoms with Crippen LogP contribution in [0.3, 0.4) is 0 Å². The fourth-order valence-electron chi connectivity index (χ4n) is 7.10. The van der Waals surface area contributed by atoms with Crippen LogP contribution >= 0.6 is 0 Å². The van der Waals surface area contributed by atoms with Crippen LogP contribution in [0.4, 0.5) is 0 Å². The molecule has 8 aromatic carbocycles. The van der Waals surface area contributed by atoms with Crippen LogP contribution in [0.1, 0.15) is 0 Å². The lowest BCUT2D eigenvalue weighted by atomic mass is 9.95. The van der Waals surface area contributed by atoms with Gasteiger partial charge in [0.25, 0.3) is 0 Å². The Morgan fingerprint density at radius 1 is 0.347 bits per heavy atom. The molecule has 10 aromatic rings. The van der Waals surface area contributed by atoms with Crippen LogP contribution in [0.5, 0.6) is 0 Å². The number of furan rings is 1. The highest BCUT2D eigenvalue weighted by Gasteiger charge is 2.17. The third-order valence-corrected chi connectivity index (χ3v) is 9.48. The summed E-state index contributed by atoms with van der Waals surface area (Å²) in [5.41, 5.74) is 6.92. The van der Waals surface area contributed by atoms with E-state index in [1.54, 1.807) is 0 Å². The molecular weight excluding hydrogens is 599 g/mol. The molecule has 0 bridgehead atoms. The Morgan fingerprint density at radius 2 is 0.939 bits per heavy atom. The van der Waals surface area contributed by atoms with Gasteiger partial charge in [0, 0.05) is 32.8 Å². The van der Waals surface area contributed by atoms with E-state index in [4.69, 9.17) is 19.4 Å². The van der Waals surface area contributed by atoms with Gasteiger partial charge in [-0.1, -0.05) is 140 Å². The average Bonchev–Trinajstić information content (AvgIpc) is 3.57. The molecule has 0 aliphatic carbocycles. The number of benzene rings is 8. The van der Waals surface area contributed by atoms with Crippen molar-refractivity contribution in [3.05, 3.63) is 164 Å². The maximum absolute atomic E-state index is 6.67. The largest absolute Gasteiger partial charge is 0.455 e. The summed E-state index contributed by atoms with van der Waals surface area (Å²) in [7, 11) is 0. The molecule has 0 fully saturated rings. The van der Waals surface area contributed by atoms with Crippen molar-refractivity contribution in [2.24, 2.45) is 0 Å². The van der Waals surface area contributed by atoms with E-state index in [9.17, 15) is 0 Å². The normalized spacial score (nSPS) is 11.7. The second kappa shape index (κ2) is 11.0. The van der Waals surface area contributed by atoms with Crippen LogP contribution in [0, 0.1) is 0 Å². The highest BCUT2D eigenvalue weighted by atomic mass is 16.3. The molecular formula is C45H27N3O. The summed E-state index contributed by atoms with van der Waals surface area (Å²) in [4.78, 5) is 14.8. The molecule has 4 heteroatoms. The molecule has 49 heavy (non-hydrogen) atoms. The van der Waals surface area contributed by atoms with E-state index >= 15 is 0 Å². The lowest BCUT2D eigenvalue weighted by Gasteiger charge is -2.10. The van der Waals surface area contributed by atoms with Gasteiger partial charge in [0.15, 0.2) is 17.5 Å². The first-order valence-corrected chi connectivity index (χ1v) is 16.4. The number of rotatable bonds is 4. The zero-order valence-electron chi connectivity index (χ0n) is 26.3. The maximum Gasteiger partial charge on any atom is 0.164 e. The number of aromatic nitrogens is 3. The van der Waals surface area contributed by atoms with Gasteiger partial charge in [-0.2, -0.15) is 0 Å². The molecule has 2 heterocycles. The Bertz CT molecular complexity index is 2820. The molecule has 0 aliphatic heterocycles.